The Morgan fingerprint density at radius 1 is 1.64 bits per heavy atom. The molecular formula is C10H17NO3. The normalized spacial score (nSPS) is 22.1. The van der Waals surface area contributed by atoms with Gasteiger partial charge in [0.05, 0.1) is 12.7 Å². The zero-order chi connectivity index (χ0) is 10.6. The summed E-state index contributed by atoms with van der Waals surface area (Å²) in [4.78, 5) is 23.5. The molecule has 1 atom stereocenters. The molecule has 0 aliphatic carbocycles. The third kappa shape index (κ3) is 3.10. The van der Waals surface area contributed by atoms with Gasteiger partial charge in [0.1, 0.15) is 6.29 Å². The van der Waals surface area contributed by atoms with Gasteiger partial charge < -0.3 is 14.4 Å². The highest BCUT2D eigenvalue weighted by Crippen LogP contribution is 2.14. The summed E-state index contributed by atoms with van der Waals surface area (Å²) in [7, 11) is 0. The smallest absolute Gasteiger partial charge is 0.223 e. The molecule has 0 spiro atoms. The lowest BCUT2D eigenvalue weighted by atomic mass is 10.1. The van der Waals surface area contributed by atoms with Crippen LogP contribution in [0.15, 0.2) is 0 Å². The molecule has 0 bridgehead atoms. The lowest BCUT2D eigenvalue weighted by Gasteiger charge is -2.16. The minimum Gasteiger partial charge on any atom is -0.377 e. The standard InChI is InChI=1S/C10H17NO3/c1-8(2)14-4-3-11-6-9(7-12)5-10(11)13/h7-9H,3-6H2,1-2H3. The lowest BCUT2D eigenvalue weighted by molar-refractivity contribution is -0.128. The van der Waals surface area contributed by atoms with E-state index in [-0.39, 0.29) is 17.9 Å². The molecule has 80 valence electrons. The predicted molar refractivity (Wildman–Crippen MR) is 51.8 cm³/mol. The summed E-state index contributed by atoms with van der Waals surface area (Å²) in [5, 5.41) is 0. The second kappa shape index (κ2) is 5.10. The summed E-state index contributed by atoms with van der Waals surface area (Å²) in [6, 6.07) is 0. The van der Waals surface area contributed by atoms with Crippen LogP contribution in [0.5, 0.6) is 0 Å². The summed E-state index contributed by atoms with van der Waals surface area (Å²) >= 11 is 0. The Kier molecular flexibility index (Phi) is 4.07. The van der Waals surface area contributed by atoms with Crippen molar-refractivity contribution in [2.45, 2.75) is 26.4 Å². The fourth-order valence-electron chi connectivity index (χ4n) is 1.51. The van der Waals surface area contributed by atoms with E-state index in [1.165, 1.54) is 0 Å². The lowest BCUT2D eigenvalue weighted by Crippen LogP contribution is -2.29. The molecule has 1 saturated heterocycles. The molecule has 1 unspecified atom stereocenters. The van der Waals surface area contributed by atoms with Crippen LogP contribution in [0.3, 0.4) is 0 Å². The van der Waals surface area contributed by atoms with E-state index in [1.54, 1.807) is 4.90 Å². The second-order valence-corrected chi connectivity index (χ2v) is 3.86. The number of aldehydes is 1. The first-order valence-corrected chi connectivity index (χ1v) is 4.98. The number of rotatable bonds is 5. The van der Waals surface area contributed by atoms with Gasteiger partial charge >= 0.3 is 0 Å². The molecule has 1 fully saturated rings. The van der Waals surface area contributed by atoms with E-state index < -0.39 is 0 Å². The Bertz CT molecular complexity index is 215. The predicted octanol–water partition coefficient (Wildman–Crippen LogP) is 0.459. The number of amides is 1. The molecule has 0 N–H and O–H groups in total. The minimum atomic E-state index is -0.110. The van der Waals surface area contributed by atoms with Crippen LogP contribution in [0.4, 0.5) is 0 Å². The third-order valence-corrected chi connectivity index (χ3v) is 2.25. The molecule has 4 heteroatoms. The van der Waals surface area contributed by atoms with Crippen LogP contribution in [-0.2, 0) is 14.3 Å². The molecule has 1 aliphatic heterocycles. The Labute approximate surface area is 84.2 Å². The maximum Gasteiger partial charge on any atom is 0.223 e. The summed E-state index contributed by atoms with van der Waals surface area (Å²) in [5.41, 5.74) is 0. The van der Waals surface area contributed by atoms with Gasteiger partial charge in [-0.15, -0.1) is 0 Å². The molecule has 1 aliphatic rings. The number of hydrogen-bond donors (Lipinski definition) is 0. The Hall–Kier alpha value is -0.900. The van der Waals surface area contributed by atoms with Gasteiger partial charge in [-0.2, -0.15) is 0 Å². The SMILES string of the molecule is CC(C)OCCN1CC(C=O)CC1=O. The maximum atomic E-state index is 11.3. The molecule has 4 nitrogen and oxygen atoms in total. The second-order valence-electron chi connectivity index (χ2n) is 3.86. The van der Waals surface area contributed by atoms with Crippen LogP contribution in [0.1, 0.15) is 20.3 Å². The Balaban J connectivity index is 2.25. The van der Waals surface area contributed by atoms with E-state index in [0.717, 1.165) is 6.29 Å². The van der Waals surface area contributed by atoms with Crippen molar-refractivity contribution in [3.63, 3.8) is 0 Å². The zero-order valence-electron chi connectivity index (χ0n) is 8.73. The van der Waals surface area contributed by atoms with Gasteiger partial charge in [-0.1, -0.05) is 0 Å². The van der Waals surface area contributed by atoms with Crippen molar-refractivity contribution in [2.24, 2.45) is 5.92 Å². The van der Waals surface area contributed by atoms with Crippen LogP contribution in [0, 0.1) is 5.92 Å². The average Bonchev–Trinajstić information content (AvgIpc) is 2.47. The molecule has 1 rings (SSSR count). The first kappa shape index (κ1) is 11.2. The molecular weight excluding hydrogens is 182 g/mol. The minimum absolute atomic E-state index is 0.0643. The van der Waals surface area contributed by atoms with Crippen LogP contribution in [-0.4, -0.2) is 42.9 Å². The molecule has 0 saturated carbocycles. The Morgan fingerprint density at radius 2 is 2.36 bits per heavy atom. The highest BCUT2D eigenvalue weighted by molar-refractivity contribution is 5.82. The molecule has 1 heterocycles. The van der Waals surface area contributed by atoms with E-state index in [4.69, 9.17) is 4.74 Å². The van der Waals surface area contributed by atoms with Crippen LogP contribution < -0.4 is 0 Å². The van der Waals surface area contributed by atoms with Crippen molar-refractivity contribution in [3.05, 3.63) is 0 Å². The van der Waals surface area contributed by atoms with Gasteiger partial charge in [-0.25, -0.2) is 0 Å². The molecule has 0 aromatic carbocycles. The fraction of sp³-hybridized carbons (Fsp3) is 0.800. The van der Waals surface area contributed by atoms with Crippen molar-refractivity contribution in [2.75, 3.05) is 19.7 Å². The average molecular weight is 199 g/mol. The largest absolute Gasteiger partial charge is 0.377 e. The van der Waals surface area contributed by atoms with E-state index in [9.17, 15) is 9.59 Å². The maximum absolute atomic E-state index is 11.3. The van der Waals surface area contributed by atoms with E-state index in [2.05, 4.69) is 0 Å². The molecule has 14 heavy (non-hydrogen) atoms. The van der Waals surface area contributed by atoms with Gasteiger partial charge in [-0.3, -0.25) is 4.79 Å². The van der Waals surface area contributed by atoms with Gasteiger partial charge in [0, 0.05) is 25.4 Å². The monoisotopic (exact) mass is 199 g/mol. The van der Waals surface area contributed by atoms with Gasteiger partial charge in [0.2, 0.25) is 5.91 Å². The third-order valence-electron chi connectivity index (χ3n) is 2.25. The highest BCUT2D eigenvalue weighted by atomic mass is 16.5. The number of hydrogen-bond acceptors (Lipinski definition) is 3. The van der Waals surface area contributed by atoms with Crippen molar-refractivity contribution in [1.29, 1.82) is 0 Å². The molecule has 1 amide bonds. The van der Waals surface area contributed by atoms with Gasteiger partial charge in [0.25, 0.3) is 0 Å². The number of likely N-dealkylation sites (tertiary alicyclic amines) is 1. The molecule has 0 aromatic heterocycles. The summed E-state index contributed by atoms with van der Waals surface area (Å²) < 4.78 is 5.34. The highest BCUT2D eigenvalue weighted by Gasteiger charge is 2.28. The van der Waals surface area contributed by atoms with E-state index in [0.29, 0.717) is 26.1 Å². The van der Waals surface area contributed by atoms with Crippen LogP contribution in [0.25, 0.3) is 0 Å². The zero-order valence-corrected chi connectivity index (χ0v) is 8.73. The quantitative estimate of drug-likeness (QED) is 0.604. The number of nitrogens with zero attached hydrogens (tertiary/aromatic N) is 1. The van der Waals surface area contributed by atoms with Gasteiger partial charge in [0.15, 0.2) is 0 Å². The van der Waals surface area contributed by atoms with Crippen molar-refractivity contribution in [1.82, 2.24) is 4.90 Å². The van der Waals surface area contributed by atoms with E-state index >= 15 is 0 Å². The van der Waals surface area contributed by atoms with E-state index in [1.807, 2.05) is 13.8 Å². The topological polar surface area (TPSA) is 46.6 Å². The fourth-order valence-corrected chi connectivity index (χ4v) is 1.51. The van der Waals surface area contributed by atoms with Crippen molar-refractivity contribution >= 4 is 12.2 Å². The first-order valence-electron chi connectivity index (χ1n) is 4.98. The van der Waals surface area contributed by atoms with Crippen LogP contribution in [0.2, 0.25) is 0 Å². The number of carbonyl (C=O) groups is 2. The molecule has 0 radical (unpaired) electrons. The number of ether oxygens (including phenoxy) is 1. The summed E-state index contributed by atoms with van der Waals surface area (Å²) in [6.45, 7) is 5.63. The summed E-state index contributed by atoms with van der Waals surface area (Å²) in [5.74, 6) is -0.0454. The molecule has 0 aromatic rings. The number of carbonyl (C=O) groups excluding carboxylic acids is 2. The van der Waals surface area contributed by atoms with Crippen molar-refractivity contribution < 1.29 is 14.3 Å². The van der Waals surface area contributed by atoms with Gasteiger partial charge in [-0.05, 0) is 13.8 Å². The van der Waals surface area contributed by atoms with Crippen molar-refractivity contribution in [3.8, 4) is 0 Å². The Morgan fingerprint density at radius 3 is 2.86 bits per heavy atom. The summed E-state index contributed by atoms with van der Waals surface area (Å²) in [6.07, 6.45) is 1.42. The van der Waals surface area contributed by atoms with Crippen LogP contribution >= 0.6 is 0 Å². The first-order chi connectivity index (χ1) is 6.63.